The number of hydrogen-bond acceptors (Lipinski definition) is 4. The molecule has 0 radical (unpaired) electrons. The van der Waals surface area contributed by atoms with E-state index in [2.05, 4.69) is 29.8 Å². The quantitative estimate of drug-likeness (QED) is 0.370. The second kappa shape index (κ2) is 10.7. The molecule has 1 saturated carbocycles. The third-order valence-corrected chi connectivity index (χ3v) is 7.95. The molecule has 172 valence electrons. The molecule has 4 rings (SSSR count). The monoisotopic (exact) mass is 456 g/mol. The van der Waals surface area contributed by atoms with E-state index < -0.39 is 0 Å². The number of hydrogen-bond donors (Lipinski definition) is 1. The van der Waals surface area contributed by atoms with Crippen LogP contribution in [-0.2, 0) is 0 Å². The first kappa shape index (κ1) is 23.1. The van der Waals surface area contributed by atoms with Crippen molar-refractivity contribution in [2.24, 2.45) is 0 Å². The van der Waals surface area contributed by atoms with Gasteiger partial charge in [-0.1, -0.05) is 26.3 Å². The number of H-pyrrole nitrogens is 1. The minimum Gasteiger partial charge on any atom is -0.408 e. The lowest BCUT2D eigenvalue weighted by atomic mass is 9.80. The summed E-state index contributed by atoms with van der Waals surface area (Å²) >= 11 is 1.84. The minimum atomic E-state index is -0.389. The number of oxazole rings is 1. The Morgan fingerprint density at radius 3 is 2.56 bits per heavy atom. The standard InChI is InChI=1S/C26H33FN2O2S/c1-3-5-22(17-32-23-13-9-20(27)10-14-23)29(4-2)21-11-6-18(7-12-21)19-8-15-24-25(16-19)31-26(30)28-24/h8-10,13-16,18,21-22H,3-7,11-12,17H2,1-2H3,(H,28,30)/t18-,21-,22-/m0/s1. The van der Waals surface area contributed by atoms with Crippen molar-refractivity contribution in [2.45, 2.75) is 75.3 Å². The summed E-state index contributed by atoms with van der Waals surface area (Å²) < 4.78 is 18.5. The summed E-state index contributed by atoms with van der Waals surface area (Å²) in [6.07, 6.45) is 7.05. The number of thioether (sulfide) groups is 1. The fourth-order valence-electron chi connectivity index (χ4n) is 5.17. The Morgan fingerprint density at radius 2 is 1.88 bits per heavy atom. The predicted molar refractivity (Wildman–Crippen MR) is 130 cm³/mol. The number of rotatable bonds is 9. The van der Waals surface area contributed by atoms with Crippen molar-refractivity contribution < 1.29 is 8.81 Å². The molecule has 0 bridgehead atoms. The third-order valence-electron chi connectivity index (χ3n) is 6.79. The molecule has 1 fully saturated rings. The normalized spacial score (nSPS) is 20.1. The van der Waals surface area contributed by atoms with Crippen molar-refractivity contribution in [1.82, 2.24) is 9.88 Å². The maximum absolute atomic E-state index is 13.2. The predicted octanol–water partition coefficient (Wildman–Crippen LogP) is 6.57. The molecular formula is C26H33FN2O2S. The van der Waals surface area contributed by atoms with Crippen molar-refractivity contribution >= 4 is 22.9 Å². The Labute approximate surface area is 193 Å². The topological polar surface area (TPSA) is 49.2 Å². The molecule has 2 aromatic carbocycles. The second-order valence-corrected chi connectivity index (χ2v) is 9.91. The lowest BCUT2D eigenvalue weighted by Crippen LogP contribution is -2.45. The van der Waals surface area contributed by atoms with Gasteiger partial charge in [0.25, 0.3) is 0 Å². The fraction of sp³-hybridized carbons (Fsp3) is 0.500. The van der Waals surface area contributed by atoms with Crippen molar-refractivity contribution in [1.29, 1.82) is 0 Å². The number of nitrogens with zero attached hydrogens (tertiary/aromatic N) is 1. The van der Waals surface area contributed by atoms with Crippen molar-refractivity contribution in [2.75, 3.05) is 12.3 Å². The van der Waals surface area contributed by atoms with Crippen LogP contribution in [-0.4, -0.2) is 34.3 Å². The van der Waals surface area contributed by atoms with Crippen LogP contribution in [0.4, 0.5) is 4.39 Å². The van der Waals surface area contributed by atoms with E-state index in [0.29, 0.717) is 23.6 Å². The molecule has 6 heteroatoms. The van der Waals surface area contributed by atoms with Crippen LogP contribution in [0, 0.1) is 5.82 Å². The minimum absolute atomic E-state index is 0.177. The summed E-state index contributed by atoms with van der Waals surface area (Å²) in [5.74, 6) is 0.994. The van der Waals surface area contributed by atoms with Crippen LogP contribution in [0.25, 0.3) is 11.1 Å². The molecule has 1 aliphatic rings. The number of aromatic nitrogens is 1. The Balaban J connectivity index is 1.38. The van der Waals surface area contributed by atoms with Crippen LogP contribution in [0.15, 0.2) is 56.6 Å². The van der Waals surface area contributed by atoms with Crippen LogP contribution in [0.3, 0.4) is 0 Å². The van der Waals surface area contributed by atoms with E-state index in [0.717, 1.165) is 35.6 Å². The lowest BCUT2D eigenvalue weighted by Gasteiger charge is -2.41. The summed E-state index contributed by atoms with van der Waals surface area (Å²) in [4.78, 5) is 18.0. The van der Waals surface area contributed by atoms with E-state index in [-0.39, 0.29) is 11.6 Å². The summed E-state index contributed by atoms with van der Waals surface area (Å²) in [5.41, 5.74) is 2.70. The van der Waals surface area contributed by atoms with Gasteiger partial charge in [0.1, 0.15) is 5.82 Å². The van der Waals surface area contributed by atoms with E-state index in [1.807, 2.05) is 36.0 Å². The van der Waals surface area contributed by atoms with E-state index >= 15 is 0 Å². The molecule has 0 aliphatic heterocycles. The van der Waals surface area contributed by atoms with Gasteiger partial charge in [-0.2, -0.15) is 0 Å². The second-order valence-electron chi connectivity index (χ2n) is 8.81. The van der Waals surface area contributed by atoms with Crippen molar-refractivity contribution in [3.63, 3.8) is 0 Å². The SMILES string of the molecule is CCC[C@@H](CSc1ccc(F)cc1)N(CC)[C@H]1CC[C@H](c2ccc3[nH]c(=O)oc3c2)CC1. The highest BCUT2D eigenvalue weighted by molar-refractivity contribution is 7.99. The Kier molecular flexibility index (Phi) is 7.74. The van der Waals surface area contributed by atoms with Gasteiger partial charge in [-0.05, 0) is 86.5 Å². The van der Waals surface area contributed by atoms with Crippen LogP contribution >= 0.6 is 11.8 Å². The van der Waals surface area contributed by atoms with E-state index in [1.165, 1.54) is 31.2 Å². The number of aromatic amines is 1. The number of benzene rings is 2. The van der Waals surface area contributed by atoms with E-state index in [4.69, 9.17) is 4.42 Å². The van der Waals surface area contributed by atoms with Gasteiger partial charge in [-0.15, -0.1) is 11.8 Å². The molecular weight excluding hydrogens is 423 g/mol. The molecule has 4 nitrogen and oxygen atoms in total. The number of fused-ring (bicyclic) bond motifs is 1. The molecule has 0 spiro atoms. The van der Waals surface area contributed by atoms with Gasteiger partial charge in [0, 0.05) is 22.7 Å². The molecule has 0 amide bonds. The lowest BCUT2D eigenvalue weighted by molar-refractivity contribution is 0.111. The van der Waals surface area contributed by atoms with Gasteiger partial charge in [0.15, 0.2) is 5.58 Å². The first-order valence-corrected chi connectivity index (χ1v) is 12.8. The average molecular weight is 457 g/mol. The Hall–Kier alpha value is -2.05. The largest absolute Gasteiger partial charge is 0.417 e. The van der Waals surface area contributed by atoms with Crippen LogP contribution < -0.4 is 5.76 Å². The first-order valence-electron chi connectivity index (χ1n) is 11.8. The first-order chi connectivity index (χ1) is 15.6. The highest BCUT2D eigenvalue weighted by Gasteiger charge is 2.30. The van der Waals surface area contributed by atoms with Gasteiger partial charge >= 0.3 is 5.76 Å². The maximum atomic E-state index is 13.2. The van der Waals surface area contributed by atoms with Gasteiger partial charge in [0.2, 0.25) is 0 Å². The summed E-state index contributed by atoms with van der Waals surface area (Å²) in [6.45, 7) is 5.60. The van der Waals surface area contributed by atoms with Crippen LogP contribution in [0.1, 0.15) is 63.9 Å². The molecule has 32 heavy (non-hydrogen) atoms. The van der Waals surface area contributed by atoms with Crippen molar-refractivity contribution in [3.05, 3.63) is 64.4 Å². The molecule has 1 heterocycles. The van der Waals surface area contributed by atoms with Gasteiger partial charge in [-0.3, -0.25) is 9.88 Å². The average Bonchev–Trinajstić information content (AvgIpc) is 3.18. The summed E-state index contributed by atoms with van der Waals surface area (Å²) in [5, 5.41) is 0. The van der Waals surface area contributed by atoms with Crippen LogP contribution in [0.2, 0.25) is 0 Å². The zero-order valence-electron chi connectivity index (χ0n) is 19.0. The Bertz CT molecular complexity index is 1050. The maximum Gasteiger partial charge on any atom is 0.417 e. The molecule has 1 aromatic heterocycles. The van der Waals surface area contributed by atoms with Gasteiger partial charge < -0.3 is 4.42 Å². The molecule has 3 aromatic rings. The zero-order valence-corrected chi connectivity index (χ0v) is 19.8. The van der Waals surface area contributed by atoms with Crippen molar-refractivity contribution in [3.8, 4) is 0 Å². The summed E-state index contributed by atoms with van der Waals surface area (Å²) in [7, 11) is 0. The van der Waals surface area contributed by atoms with Gasteiger partial charge in [-0.25, -0.2) is 9.18 Å². The van der Waals surface area contributed by atoms with Crippen LogP contribution in [0.5, 0.6) is 0 Å². The van der Waals surface area contributed by atoms with Gasteiger partial charge in [0.05, 0.1) is 5.52 Å². The molecule has 0 saturated heterocycles. The molecule has 0 unspecified atom stereocenters. The van der Waals surface area contributed by atoms with E-state index in [9.17, 15) is 9.18 Å². The highest BCUT2D eigenvalue weighted by Crippen LogP contribution is 2.37. The zero-order chi connectivity index (χ0) is 22.5. The fourth-order valence-corrected chi connectivity index (χ4v) is 6.24. The molecule has 1 aliphatic carbocycles. The Morgan fingerprint density at radius 1 is 1.12 bits per heavy atom. The highest BCUT2D eigenvalue weighted by atomic mass is 32.2. The number of nitrogens with one attached hydrogen (secondary N) is 1. The molecule has 1 N–H and O–H groups in total. The smallest absolute Gasteiger partial charge is 0.408 e. The third kappa shape index (κ3) is 5.46. The van der Waals surface area contributed by atoms with E-state index in [1.54, 1.807) is 12.1 Å². The summed E-state index contributed by atoms with van der Waals surface area (Å²) in [6, 6.07) is 14.1. The number of halogens is 1. The molecule has 1 atom stereocenters.